The van der Waals surface area contributed by atoms with Gasteiger partial charge in [-0.3, -0.25) is 0 Å². The molecule has 0 bridgehead atoms. The molecule has 13 N–H and O–H groups in total. The van der Waals surface area contributed by atoms with Crippen molar-refractivity contribution in [2.24, 2.45) is 52.3 Å². The zero-order valence-electron chi connectivity index (χ0n) is 42.0. The van der Waals surface area contributed by atoms with Crippen LogP contribution in [-0.4, -0.2) is 240 Å². The molecule has 4 saturated carbocycles. The molecule has 0 aromatic heterocycles. The number of aliphatic hydroxyl groups is 13. The van der Waals surface area contributed by atoms with Crippen molar-refractivity contribution in [1.82, 2.24) is 0 Å². The van der Waals surface area contributed by atoms with Crippen LogP contribution in [0.5, 0.6) is 0 Å². The summed E-state index contributed by atoms with van der Waals surface area (Å²) in [5.41, 5.74) is -0.111. The molecule has 0 radical (unpaired) electrons. The van der Waals surface area contributed by atoms with Crippen LogP contribution in [0.25, 0.3) is 0 Å². The summed E-state index contributed by atoms with van der Waals surface area (Å²) < 4.78 is 61.2. The lowest BCUT2D eigenvalue weighted by Gasteiger charge is -2.62. The molecule has 23 nitrogen and oxygen atoms in total. The highest BCUT2D eigenvalue weighted by Gasteiger charge is 2.70. The van der Waals surface area contributed by atoms with Crippen molar-refractivity contribution in [2.75, 3.05) is 33.0 Å². The summed E-state index contributed by atoms with van der Waals surface area (Å²) in [6.07, 6.45) is -26.8. The molecule has 6 heterocycles. The standard InChI is InChI=1S/C50H82O23/c1-19-5-10-50(65-17-19)20(2)32-28(73-50)13-24-22-12-26(54)25-11-21(6-8-48(25,3)23(22)7-9-49(24,32)4)66-45-40(63)37(60)41(31(16-53)69-45)70-47-43(72-46-39(62)36(59)34(57)29(14-51)67-46)42(35(58)30(15-52)68-47)71-44-38(61)33(56)27(55)18-64-44/h19-47,51-63H,5-18H2,1-4H3/t19?,20-,21-,22?,23?,24?,25+,26+,27+,28-,29+,30+,31+,32-,33-,34+,35+,36-,37+,38+,39+,40+,41-,42-,43+,44-,45+,46-,47-,48+,49-,50+/m0/s1. The van der Waals surface area contributed by atoms with Gasteiger partial charge in [0.1, 0.15) is 91.6 Å². The lowest BCUT2D eigenvalue weighted by atomic mass is 9.43. The van der Waals surface area contributed by atoms with E-state index in [0.29, 0.717) is 48.9 Å². The van der Waals surface area contributed by atoms with Crippen molar-refractivity contribution in [3.63, 3.8) is 0 Å². The van der Waals surface area contributed by atoms with E-state index in [-0.39, 0.29) is 28.8 Å². The molecule has 32 atom stereocenters. The van der Waals surface area contributed by atoms with Gasteiger partial charge in [0, 0.05) is 12.3 Å². The zero-order chi connectivity index (χ0) is 52.2. The lowest BCUT2D eigenvalue weighted by Crippen LogP contribution is -2.68. The van der Waals surface area contributed by atoms with Crippen LogP contribution in [0.2, 0.25) is 0 Å². The van der Waals surface area contributed by atoms with E-state index >= 15 is 0 Å². The number of hydrogen-bond acceptors (Lipinski definition) is 23. The largest absolute Gasteiger partial charge is 0.394 e. The van der Waals surface area contributed by atoms with E-state index in [4.69, 9.17) is 47.4 Å². The molecule has 6 saturated heterocycles. The van der Waals surface area contributed by atoms with E-state index in [1.807, 2.05) is 0 Å². The van der Waals surface area contributed by atoms with Crippen molar-refractivity contribution >= 4 is 0 Å². The summed E-state index contributed by atoms with van der Waals surface area (Å²) in [6.45, 7) is 7.00. The smallest absolute Gasteiger partial charge is 0.187 e. The highest BCUT2D eigenvalue weighted by atomic mass is 16.8. The van der Waals surface area contributed by atoms with E-state index in [1.54, 1.807) is 0 Å². The Hall–Kier alpha value is -0.920. The summed E-state index contributed by atoms with van der Waals surface area (Å²) in [6, 6.07) is 0. The number of hydrogen-bond donors (Lipinski definition) is 13. The Morgan fingerprint density at radius 3 is 1.81 bits per heavy atom. The topological polar surface area (TPSA) is 355 Å². The maximum atomic E-state index is 12.1. The van der Waals surface area contributed by atoms with Crippen molar-refractivity contribution < 1.29 is 114 Å². The van der Waals surface area contributed by atoms with Gasteiger partial charge < -0.3 is 114 Å². The third-order valence-electron chi connectivity index (χ3n) is 20.0. The maximum absolute atomic E-state index is 12.1. The van der Waals surface area contributed by atoms with Crippen LogP contribution in [0.15, 0.2) is 0 Å². The SMILES string of the molecule is CC1CC[C@@]2(OC1)O[C@H]1CC3C4C[C@@H](O)[C@H]5C[C@@H](O[C@@H]6O[C@H](CO)[C@H](O[C@@H]7O[C@H](CO)[C@@H](O)[C@H](O[C@@H]8OC[C@@H](O)[C@H](O)[C@H]8O)[C@H]7O[C@@H]7O[C@H](CO)[C@@H](O)[C@H](O)[C@H]7O)[C@H](O)[C@H]6O)CC[C@]5(C)C4CC[C@]3(C)[C@H]1[C@@H]2C. The molecule has 0 aromatic carbocycles. The maximum Gasteiger partial charge on any atom is 0.187 e. The van der Waals surface area contributed by atoms with Gasteiger partial charge in [-0.1, -0.05) is 27.7 Å². The molecule has 73 heavy (non-hydrogen) atoms. The third-order valence-corrected chi connectivity index (χ3v) is 20.0. The van der Waals surface area contributed by atoms with Crippen molar-refractivity contribution in [3.05, 3.63) is 0 Å². The van der Waals surface area contributed by atoms with Gasteiger partial charge in [0.05, 0.1) is 51.3 Å². The monoisotopic (exact) mass is 1050 g/mol. The van der Waals surface area contributed by atoms with E-state index < -0.39 is 161 Å². The first kappa shape index (κ1) is 55.4. The molecule has 420 valence electrons. The Morgan fingerprint density at radius 1 is 0.493 bits per heavy atom. The second-order valence-corrected chi connectivity index (χ2v) is 24.0. The van der Waals surface area contributed by atoms with Gasteiger partial charge in [0.2, 0.25) is 0 Å². The fourth-order valence-electron chi connectivity index (χ4n) is 15.9. The highest BCUT2D eigenvalue weighted by molar-refractivity contribution is 5.16. The van der Waals surface area contributed by atoms with E-state index in [0.717, 1.165) is 45.1 Å². The molecular weight excluding hydrogens is 969 g/mol. The zero-order valence-corrected chi connectivity index (χ0v) is 42.0. The van der Waals surface area contributed by atoms with Crippen molar-refractivity contribution in [1.29, 1.82) is 0 Å². The van der Waals surface area contributed by atoms with Gasteiger partial charge in [0.15, 0.2) is 30.9 Å². The molecule has 4 unspecified atom stereocenters. The number of fused-ring (bicyclic) bond motifs is 7. The Kier molecular flexibility index (Phi) is 16.1. The lowest BCUT2D eigenvalue weighted by molar-refractivity contribution is -0.404. The van der Waals surface area contributed by atoms with Crippen molar-refractivity contribution in [3.8, 4) is 0 Å². The average molecular weight is 1050 g/mol. The molecule has 23 heteroatoms. The molecule has 6 aliphatic heterocycles. The fourth-order valence-corrected chi connectivity index (χ4v) is 15.9. The number of rotatable bonds is 11. The quantitative estimate of drug-likeness (QED) is 0.0902. The minimum atomic E-state index is -2.01. The predicted octanol–water partition coefficient (Wildman–Crippen LogP) is -3.30. The molecule has 10 fully saturated rings. The number of aliphatic hydroxyl groups excluding tert-OH is 13. The van der Waals surface area contributed by atoms with Crippen LogP contribution in [-0.2, 0) is 47.4 Å². The second-order valence-electron chi connectivity index (χ2n) is 24.0. The Labute approximate surface area is 424 Å². The van der Waals surface area contributed by atoms with Gasteiger partial charge in [-0.2, -0.15) is 0 Å². The van der Waals surface area contributed by atoms with Crippen molar-refractivity contribution in [2.45, 2.75) is 226 Å². The minimum absolute atomic E-state index is 0.0758. The Bertz CT molecular complexity index is 1860. The Balaban J connectivity index is 0.822. The fraction of sp³-hybridized carbons (Fsp3) is 1.00. The average Bonchev–Trinajstić information content (AvgIpc) is 3.82. The van der Waals surface area contributed by atoms with Gasteiger partial charge in [-0.15, -0.1) is 0 Å². The van der Waals surface area contributed by atoms with Gasteiger partial charge >= 0.3 is 0 Å². The molecule has 0 aromatic rings. The third kappa shape index (κ3) is 9.49. The van der Waals surface area contributed by atoms with Crippen LogP contribution in [0.4, 0.5) is 0 Å². The van der Waals surface area contributed by atoms with Gasteiger partial charge in [-0.05, 0) is 97.7 Å². The Morgan fingerprint density at radius 2 is 1.11 bits per heavy atom. The first-order valence-corrected chi connectivity index (χ1v) is 26.8. The van der Waals surface area contributed by atoms with E-state index in [9.17, 15) is 66.4 Å². The summed E-state index contributed by atoms with van der Waals surface area (Å²) in [4.78, 5) is 0. The molecule has 4 aliphatic carbocycles. The molecular formula is C50H82O23. The summed E-state index contributed by atoms with van der Waals surface area (Å²) in [5, 5.41) is 141. The van der Waals surface area contributed by atoms with Crippen LogP contribution in [0.1, 0.15) is 85.5 Å². The summed E-state index contributed by atoms with van der Waals surface area (Å²) in [7, 11) is 0. The molecule has 0 amide bonds. The van der Waals surface area contributed by atoms with Crippen LogP contribution in [0.3, 0.4) is 0 Å². The van der Waals surface area contributed by atoms with Gasteiger partial charge in [0.25, 0.3) is 0 Å². The molecule has 10 aliphatic rings. The first-order valence-electron chi connectivity index (χ1n) is 26.8. The second kappa shape index (κ2) is 21.3. The van der Waals surface area contributed by atoms with E-state index in [1.165, 1.54) is 0 Å². The van der Waals surface area contributed by atoms with E-state index in [2.05, 4.69) is 27.7 Å². The van der Waals surface area contributed by atoms with Gasteiger partial charge in [-0.25, -0.2) is 0 Å². The summed E-state index contributed by atoms with van der Waals surface area (Å²) >= 11 is 0. The van der Waals surface area contributed by atoms with Crippen LogP contribution >= 0.6 is 0 Å². The van der Waals surface area contributed by atoms with Crippen LogP contribution < -0.4 is 0 Å². The molecule has 10 rings (SSSR count). The minimum Gasteiger partial charge on any atom is -0.394 e. The first-order chi connectivity index (χ1) is 34.7. The number of ether oxygens (including phenoxy) is 10. The predicted molar refractivity (Wildman–Crippen MR) is 244 cm³/mol. The highest BCUT2D eigenvalue weighted by Crippen LogP contribution is 2.71. The normalized spacial score (nSPS) is 58.2. The summed E-state index contributed by atoms with van der Waals surface area (Å²) in [5.74, 6) is 1.71. The molecule has 1 spiro atoms. The van der Waals surface area contributed by atoms with Crippen LogP contribution in [0, 0.1) is 52.3 Å².